The van der Waals surface area contributed by atoms with Gasteiger partial charge in [-0.2, -0.15) is 0 Å². The van der Waals surface area contributed by atoms with E-state index in [2.05, 4.69) is 44.5 Å². The predicted molar refractivity (Wildman–Crippen MR) is 71.6 cm³/mol. The van der Waals surface area contributed by atoms with Gasteiger partial charge in [-0.15, -0.1) is 11.3 Å². The Morgan fingerprint density at radius 2 is 2.25 bits per heavy atom. The molecule has 2 heterocycles. The van der Waals surface area contributed by atoms with Gasteiger partial charge in [-0.25, -0.2) is 0 Å². The number of nitrogens with zero attached hydrogens (tertiary/aromatic N) is 1. The lowest BCUT2D eigenvalue weighted by Gasteiger charge is -2.10. The molecule has 1 unspecified atom stereocenters. The number of halogens is 1. The highest BCUT2D eigenvalue weighted by atomic mass is 79.9. The van der Waals surface area contributed by atoms with Gasteiger partial charge in [0, 0.05) is 27.8 Å². The van der Waals surface area contributed by atoms with E-state index in [1.807, 2.05) is 6.20 Å². The van der Waals surface area contributed by atoms with E-state index in [4.69, 9.17) is 5.73 Å². The lowest BCUT2D eigenvalue weighted by molar-refractivity contribution is 0.669. The molecule has 2 nitrogen and oxygen atoms in total. The SMILES string of the molecule is NC(Cc1cncc(Br)c1)Cc1cccs1. The number of hydrogen-bond acceptors (Lipinski definition) is 3. The van der Waals surface area contributed by atoms with Gasteiger partial charge in [-0.05, 0) is 51.8 Å². The van der Waals surface area contributed by atoms with Gasteiger partial charge in [0.05, 0.1) is 0 Å². The highest BCUT2D eigenvalue weighted by molar-refractivity contribution is 9.10. The van der Waals surface area contributed by atoms with E-state index >= 15 is 0 Å². The van der Waals surface area contributed by atoms with Crippen LogP contribution >= 0.6 is 27.3 Å². The van der Waals surface area contributed by atoms with Gasteiger partial charge < -0.3 is 5.73 Å². The monoisotopic (exact) mass is 296 g/mol. The second kappa shape index (κ2) is 5.57. The number of nitrogens with two attached hydrogens (primary N) is 1. The van der Waals surface area contributed by atoms with Crippen molar-refractivity contribution in [1.82, 2.24) is 4.98 Å². The van der Waals surface area contributed by atoms with Crippen molar-refractivity contribution in [2.45, 2.75) is 18.9 Å². The highest BCUT2D eigenvalue weighted by Crippen LogP contribution is 2.14. The zero-order valence-corrected chi connectivity index (χ0v) is 11.2. The summed E-state index contributed by atoms with van der Waals surface area (Å²) in [5, 5.41) is 2.09. The molecule has 0 aromatic carbocycles. The molecule has 0 amide bonds. The zero-order chi connectivity index (χ0) is 11.4. The van der Waals surface area contributed by atoms with Crippen LogP contribution in [-0.4, -0.2) is 11.0 Å². The average molecular weight is 297 g/mol. The molecule has 84 valence electrons. The normalized spacial score (nSPS) is 12.6. The van der Waals surface area contributed by atoms with Crippen LogP contribution in [0.1, 0.15) is 10.4 Å². The maximum absolute atomic E-state index is 6.11. The molecule has 2 aromatic rings. The van der Waals surface area contributed by atoms with Gasteiger partial charge in [-0.3, -0.25) is 4.98 Å². The van der Waals surface area contributed by atoms with E-state index < -0.39 is 0 Å². The lowest BCUT2D eigenvalue weighted by Crippen LogP contribution is -2.25. The second-order valence-corrected chi connectivity index (χ2v) is 5.71. The molecule has 0 saturated heterocycles. The van der Waals surface area contributed by atoms with E-state index in [0.29, 0.717) is 0 Å². The van der Waals surface area contributed by atoms with Crippen molar-refractivity contribution in [1.29, 1.82) is 0 Å². The van der Waals surface area contributed by atoms with E-state index in [-0.39, 0.29) is 6.04 Å². The fourth-order valence-electron chi connectivity index (χ4n) is 1.63. The number of aromatic nitrogens is 1. The summed E-state index contributed by atoms with van der Waals surface area (Å²) in [6.07, 6.45) is 5.46. The third-order valence-electron chi connectivity index (χ3n) is 2.30. The number of thiophene rings is 1. The summed E-state index contributed by atoms with van der Waals surface area (Å²) in [7, 11) is 0. The van der Waals surface area contributed by atoms with Crippen molar-refractivity contribution < 1.29 is 0 Å². The fraction of sp³-hybridized carbons (Fsp3) is 0.250. The third-order valence-corrected chi connectivity index (χ3v) is 3.64. The van der Waals surface area contributed by atoms with Gasteiger partial charge in [-0.1, -0.05) is 6.07 Å². The van der Waals surface area contributed by atoms with Gasteiger partial charge in [0.2, 0.25) is 0 Å². The first-order valence-corrected chi connectivity index (χ1v) is 6.78. The summed E-state index contributed by atoms with van der Waals surface area (Å²) < 4.78 is 1.01. The molecular weight excluding hydrogens is 284 g/mol. The maximum Gasteiger partial charge on any atom is 0.0410 e. The number of rotatable bonds is 4. The van der Waals surface area contributed by atoms with Crippen LogP contribution in [0.5, 0.6) is 0 Å². The topological polar surface area (TPSA) is 38.9 Å². The molecule has 0 aliphatic rings. The van der Waals surface area contributed by atoms with Gasteiger partial charge in [0.25, 0.3) is 0 Å². The largest absolute Gasteiger partial charge is 0.327 e. The van der Waals surface area contributed by atoms with Crippen molar-refractivity contribution in [3.05, 3.63) is 50.9 Å². The first-order valence-electron chi connectivity index (χ1n) is 5.11. The Morgan fingerprint density at radius 3 is 2.94 bits per heavy atom. The lowest BCUT2D eigenvalue weighted by atomic mass is 10.1. The molecule has 2 N–H and O–H groups in total. The molecule has 2 aromatic heterocycles. The molecule has 0 bridgehead atoms. The van der Waals surface area contributed by atoms with E-state index in [1.165, 1.54) is 10.4 Å². The summed E-state index contributed by atoms with van der Waals surface area (Å²) in [5.41, 5.74) is 7.29. The minimum absolute atomic E-state index is 0.162. The van der Waals surface area contributed by atoms with Gasteiger partial charge >= 0.3 is 0 Å². The van der Waals surface area contributed by atoms with E-state index in [0.717, 1.165) is 17.3 Å². The van der Waals surface area contributed by atoms with Crippen LogP contribution in [0, 0.1) is 0 Å². The highest BCUT2D eigenvalue weighted by Gasteiger charge is 2.06. The van der Waals surface area contributed by atoms with Gasteiger partial charge in [0.1, 0.15) is 0 Å². The van der Waals surface area contributed by atoms with Crippen molar-refractivity contribution in [2.24, 2.45) is 5.73 Å². The minimum atomic E-state index is 0.162. The minimum Gasteiger partial charge on any atom is -0.327 e. The Labute approximate surface area is 108 Å². The summed E-state index contributed by atoms with van der Waals surface area (Å²) in [4.78, 5) is 5.48. The Morgan fingerprint density at radius 1 is 1.38 bits per heavy atom. The zero-order valence-electron chi connectivity index (χ0n) is 8.77. The second-order valence-electron chi connectivity index (χ2n) is 3.76. The Bertz CT molecular complexity index is 442. The molecule has 0 radical (unpaired) electrons. The number of pyridine rings is 1. The number of hydrogen-bond donors (Lipinski definition) is 1. The van der Waals surface area contributed by atoms with Crippen LogP contribution in [0.25, 0.3) is 0 Å². The van der Waals surface area contributed by atoms with Crippen molar-refractivity contribution >= 4 is 27.3 Å². The summed E-state index contributed by atoms with van der Waals surface area (Å²) >= 11 is 5.17. The first kappa shape index (κ1) is 11.8. The van der Waals surface area contributed by atoms with Crippen LogP contribution in [-0.2, 0) is 12.8 Å². The van der Waals surface area contributed by atoms with Crippen LogP contribution < -0.4 is 5.73 Å². The molecule has 1 atom stereocenters. The van der Waals surface area contributed by atoms with Crippen molar-refractivity contribution in [3.8, 4) is 0 Å². The molecule has 4 heteroatoms. The molecular formula is C12H13BrN2S. The summed E-state index contributed by atoms with van der Waals surface area (Å²) in [6.45, 7) is 0. The first-order chi connectivity index (χ1) is 7.74. The van der Waals surface area contributed by atoms with E-state index in [1.54, 1.807) is 17.5 Å². The third kappa shape index (κ3) is 3.40. The molecule has 0 aliphatic carbocycles. The van der Waals surface area contributed by atoms with E-state index in [9.17, 15) is 0 Å². The Balaban J connectivity index is 1.94. The molecule has 0 saturated carbocycles. The Hall–Kier alpha value is -0.710. The predicted octanol–water partition coefficient (Wildman–Crippen LogP) is 3.02. The van der Waals surface area contributed by atoms with Crippen LogP contribution in [0.2, 0.25) is 0 Å². The molecule has 16 heavy (non-hydrogen) atoms. The smallest absolute Gasteiger partial charge is 0.0410 e. The van der Waals surface area contributed by atoms with Crippen molar-refractivity contribution in [3.63, 3.8) is 0 Å². The van der Waals surface area contributed by atoms with Crippen LogP contribution in [0.15, 0.2) is 40.4 Å². The van der Waals surface area contributed by atoms with Crippen LogP contribution in [0.4, 0.5) is 0 Å². The van der Waals surface area contributed by atoms with Gasteiger partial charge in [0.15, 0.2) is 0 Å². The standard InChI is InChI=1S/C12H13BrN2S/c13-10-4-9(7-15-8-10)5-11(14)6-12-2-1-3-16-12/h1-4,7-8,11H,5-6,14H2. The van der Waals surface area contributed by atoms with Crippen molar-refractivity contribution in [2.75, 3.05) is 0 Å². The molecule has 0 fully saturated rings. The quantitative estimate of drug-likeness (QED) is 0.942. The summed E-state index contributed by atoms with van der Waals surface area (Å²) in [6, 6.07) is 6.42. The maximum atomic E-state index is 6.11. The van der Waals surface area contributed by atoms with Crippen LogP contribution in [0.3, 0.4) is 0 Å². The average Bonchev–Trinajstić information content (AvgIpc) is 2.70. The summed E-state index contributed by atoms with van der Waals surface area (Å²) in [5.74, 6) is 0. The molecule has 0 aliphatic heterocycles. The Kier molecular flexibility index (Phi) is 4.09. The molecule has 0 spiro atoms. The fourth-order valence-corrected chi connectivity index (χ4v) is 2.84. The molecule has 2 rings (SSSR count).